The minimum atomic E-state index is -4.00. The van der Waals surface area contributed by atoms with Gasteiger partial charge in [-0.25, -0.2) is 18.4 Å². The van der Waals surface area contributed by atoms with Crippen LogP contribution in [0.1, 0.15) is 34.6 Å². The molecule has 28 heavy (non-hydrogen) atoms. The number of benzene rings is 2. The highest BCUT2D eigenvalue weighted by atomic mass is 79.9. The number of ether oxygens (including phenoxy) is 1. The Bertz CT molecular complexity index is 1030. The van der Waals surface area contributed by atoms with Gasteiger partial charge in [0.1, 0.15) is 0 Å². The molecule has 0 aliphatic heterocycles. The van der Waals surface area contributed by atoms with Gasteiger partial charge in [0.05, 0.1) is 10.5 Å². The lowest BCUT2D eigenvalue weighted by atomic mass is 10.1. The van der Waals surface area contributed by atoms with E-state index < -0.39 is 28.0 Å². The number of esters is 1. The third kappa shape index (κ3) is 5.47. The molecular weight excluding hydrogens is 452 g/mol. The molecule has 0 saturated carbocycles. The number of carbonyl (C=O) groups is 3. The summed E-state index contributed by atoms with van der Waals surface area (Å²) >= 11 is 3.13. The largest absolute Gasteiger partial charge is 0.449 e. The highest BCUT2D eigenvalue weighted by molar-refractivity contribution is 9.10. The van der Waals surface area contributed by atoms with E-state index in [1.54, 1.807) is 24.3 Å². The Hall–Kier alpha value is -2.56. The SMILES string of the molecule is CC(=O)c1ccc(NC(=O)[C@H](C)OC(=O)c2cc(S(N)(=O)=O)ccc2Br)cc1. The van der Waals surface area contributed by atoms with E-state index in [9.17, 15) is 22.8 Å². The maximum absolute atomic E-state index is 12.3. The second kappa shape index (κ2) is 8.63. The Labute approximate surface area is 170 Å². The molecule has 2 rings (SSSR count). The molecule has 8 nitrogen and oxygen atoms in total. The fraction of sp³-hybridized carbons (Fsp3) is 0.167. The van der Waals surface area contributed by atoms with Crippen LogP contribution in [0.2, 0.25) is 0 Å². The molecule has 1 amide bonds. The van der Waals surface area contributed by atoms with Gasteiger partial charge in [-0.2, -0.15) is 0 Å². The standard InChI is InChI=1S/C18H17BrN2O6S/c1-10(22)12-3-5-13(6-4-12)21-17(23)11(2)27-18(24)15-9-14(28(20,25)26)7-8-16(15)19/h3-9,11H,1-2H3,(H,21,23)(H2,20,25,26)/t11-/m0/s1. The van der Waals surface area contributed by atoms with Crippen molar-refractivity contribution in [2.75, 3.05) is 5.32 Å². The molecule has 0 saturated heterocycles. The van der Waals surface area contributed by atoms with Gasteiger partial charge >= 0.3 is 5.97 Å². The fourth-order valence-corrected chi connectivity index (χ4v) is 3.10. The van der Waals surface area contributed by atoms with Crippen molar-refractivity contribution in [2.24, 2.45) is 5.14 Å². The van der Waals surface area contributed by atoms with E-state index >= 15 is 0 Å². The molecule has 10 heteroatoms. The van der Waals surface area contributed by atoms with Crippen LogP contribution in [-0.2, 0) is 19.6 Å². The zero-order chi connectivity index (χ0) is 21.1. The topological polar surface area (TPSA) is 133 Å². The van der Waals surface area contributed by atoms with E-state index in [0.29, 0.717) is 11.3 Å². The Morgan fingerprint density at radius 1 is 1.11 bits per heavy atom. The minimum Gasteiger partial charge on any atom is -0.449 e. The summed E-state index contributed by atoms with van der Waals surface area (Å²) < 4.78 is 28.3. The highest BCUT2D eigenvalue weighted by Gasteiger charge is 2.22. The zero-order valence-corrected chi connectivity index (χ0v) is 17.3. The van der Waals surface area contributed by atoms with Gasteiger partial charge in [-0.15, -0.1) is 0 Å². The predicted octanol–water partition coefficient (Wildman–Crippen LogP) is 2.48. The second-order valence-corrected chi connectivity index (χ2v) is 8.27. The quantitative estimate of drug-likeness (QED) is 0.494. The molecule has 148 valence electrons. The van der Waals surface area contributed by atoms with Gasteiger partial charge < -0.3 is 10.1 Å². The Kier molecular flexibility index (Phi) is 6.70. The third-order valence-corrected chi connectivity index (χ3v) is 5.30. The molecular formula is C18H17BrN2O6S. The number of rotatable bonds is 6. The molecule has 0 unspecified atom stereocenters. The number of ketones is 1. The average molecular weight is 469 g/mol. The molecule has 2 aromatic rings. The van der Waals surface area contributed by atoms with Gasteiger partial charge in [0.25, 0.3) is 5.91 Å². The van der Waals surface area contributed by atoms with Crippen LogP contribution in [0.25, 0.3) is 0 Å². The molecule has 0 heterocycles. The van der Waals surface area contributed by atoms with E-state index in [0.717, 1.165) is 6.07 Å². The van der Waals surface area contributed by atoms with Crippen molar-refractivity contribution < 1.29 is 27.5 Å². The van der Waals surface area contributed by atoms with E-state index in [1.807, 2.05) is 0 Å². The Morgan fingerprint density at radius 3 is 2.25 bits per heavy atom. The number of primary sulfonamides is 1. The number of nitrogens with one attached hydrogen (secondary N) is 1. The molecule has 0 spiro atoms. The summed E-state index contributed by atoms with van der Waals surface area (Å²) in [6.45, 7) is 2.80. The molecule has 0 bridgehead atoms. The van der Waals surface area contributed by atoms with Crippen molar-refractivity contribution in [1.29, 1.82) is 0 Å². The van der Waals surface area contributed by atoms with Crippen molar-refractivity contribution in [1.82, 2.24) is 0 Å². The van der Waals surface area contributed by atoms with Crippen LogP contribution in [0.3, 0.4) is 0 Å². The summed E-state index contributed by atoms with van der Waals surface area (Å²) in [5.41, 5.74) is 0.837. The molecule has 0 aromatic heterocycles. The first kappa shape index (κ1) is 21.7. The summed E-state index contributed by atoms with van der Waals surface area (Å²) in [7, 11) is -4.00. The van der Waals surface area contributed by atoms with E-state index in [1.165, 1.54) is 26.0 Å². The van der Waals surface area contributed by atoms with Crippen molar-refractivity contribution in [3.05, 3.63) is 58.1 Å². The number of carbonyl (C=O) groups excluding carboxylic acids is 3. The second-order valence-electron chi connectivity index (χ2n) is 5.86. The van der Waals surface area contributed by atoms with Crippen LogP contribution in [0, 0.1) is 0 Å². The number of hydrogen-bond acceptors (Lipinski definition) is 6. The molecule has 0 fully saturated rings. The van der Waals surface area contributed by atoms with Crippen molar-refractivity contribution in [3.8, 4) is 0 Å². The Balaban J connectivity index is 2.09. The van der Waals surface area contributed by atoms with Gasteiger partial charge in [0.2, 0.25) is 10.0 Å². The number of anilines is 1. The van der Waals surface area contributed by atoms with E-state index in [4.69, 9.17) is 9.88 Å². The van der Waals surface area contributed by atoms with Gasteiger partial charge in [-0.3, -0.25) is 9.59 Å². The lowest BCUT2D eigenvalue weighted by Gasteiger charge is -2.14. The molecule has 0 aliphatic carbocycles. The number of hydrogen-bond donors (Lipinski definition) is 2. The first-order valence-corrected chi connectivity index (χ1v) is 10.3. The lowest BCUT2D eigenvalue weighted by molar-refractivity contribution is -0.123. The van der Waals surface area contributed by atoms with Crippen molar-refractivity contribution >= 4 is 49.3 Å². The number of sulfonamides is 1. The van der Waals surface area contributed by atoms with Crippen LogP contribution in [0.5, 0.6) is 0 Å². The molecule has 1 atom stereocenters. The zero-order valence-electron chi connectivity index (χ0n) is 14.9. The maximum atomic E-state index is 12.3. The lowest BCUT2D eigenvalue weighted by Crippen LogP contribution is -2.30. The fourth-order valence-electron chi connectivity index (χ4n) is 2.15. The Morgan fingerprint density at radius 2 is 1.71 bits per heavy atom. The van der Waals surface area contributed by atoms with Crippen LogP contribution in [-0.4, -0.2) is 32.2 Å². The first-order valence-electron chi connectivity index (χ1n) is 7.94. The van der Waals surface area contributed by atoms with E-state index in [2.05, 4.69) is 21.2 Å². The summed E-state index contributed by atoms with van der Waals surface area (Å²) in [5, 5.41) is 7.62. The predicted molar refractivity (Wildman–Crippen MR) is 105 cm³/mol. The summed E-state index contributed by atoms with van der Waals surface area (Å²) in [4.78, 5) is 35.6. The van der Waals surface area contributed by atoms with Crippen molar-refractivity contribution in [3.63, 3.8) is 0 Å². The number of nitrogens with two attached hydrogens (primary N) is 1. The van der Waals surface area contributed by atoms with Crippen LogP contribution < -0.4 is 10.5 Å². The minimum absolute atomic E-state index is 0.0861. The van der Waals surface area contributed by atoms with Crippen LogP contribution in [0.15, 0.2) is 51.8 Å². The normalized spacial score (nSPS) is 12.1. The smallest absolute Gasteiger partial charge is 0.340 e. The highest BCUT2D eigenvalue weighted by Crippen LogP contribution is 2.22. The molecule has 3 N–H and O–H groups in total. The van der Waals surface area contributed by atoms with E-state index in [-0.39, 0.29) is 20.7 Å². The summed E-state index contributed by atoms with van der Waals surface area (Å²) in [6.07, 6.45) is -1.16. The monoisotopic (exact) mass is 468 g/mol. The van der Waals surface area contributed by atoms with Crippen LogP contribution >= 0.6 is 15.9 Å². The van der Waals surface area contributed by atoms with Gasteiger partial charge in [-0.1, -0.05) is 0 Å². The van der Waals surface area contributed by atoms with Crippen LogP contribution in [0.4, 0.5) is 5.69 Å². The van der Waals surface area contributed by atoms with Crippen molar-refractivity contribution in [2.45, 2.75) is 24.8 Å². The molecule has 0 aliphatic rings. The van der Waals surface area contributed by atoms with Gasteiger partial charge in [0, 0.05) is 15.7 Å². The average Bonchev–Trinajstić information content (AvgIpc) is 2.61. The molecule has 2 aromatic carbocycles. The third-order valence-electron chi connectivity index (χ3n) is 3.70. The summed E-state index contributed by atoms with van der Waals surface area (Å²) in [6, 6.07) is 9.86. The first-order chi connectivity index (χ1) is 13.0. The number of halogens is 1. The number of Topliss-reactive ketones (excluding diaryl/α,β-unsaturated/α-hetero) is 1. The van der Waals surface area contributed by atoms with Gasteiger partial charge in [-0.05, 0) is 72.2 Å². The molecule has 0 radical (unpaired) electrons. The number of amides is 1. The van der Waals surface area contributed by atoms with Gasteiger partial charge in [0.15, 0.2) is 11.9 Å². The maximum Gasteiger partial charge on any atom is 0.340 e. The summed E-state index contributed by atoms with van der Waals surface area (Å²) in [5.74, 6) is -1.60.